The largest absolute Gasteiger partial charge is 0.491 e. The SMILES string of the molecule is CCOc1ccc(NC2CCN(C(C)C)CC2)cc1F. The quantitative estimate of drug-likeness (QED) is 0.893. The van der Waals surface area contributed by atoms with Gasteiger partial charge in [0.15, 0.2) is 11.6 Å². The summed E-state index contributed by atoms with van der Waals surface area (Å²) < 4.78 is 19.0. The molecule has 0 radical (unpaired) electrons. The molecule has 4 heteroatoms. The van der Waals surface area contributed by atoms with E-state index < -0.39 is 0 Å². The fraction of sp³-hybridized carbons (Fsp3) is 0.625. The van der Waals surface area contributed by atoms with Gasteiger partial charge in [-0.1, -0.05) is 0 Å². The van der Waals surface area contributed by atoms with Crippen molar-refractivity contribution in [2.45, 2.75) is 45.7 Å². The second-order valence-electron chi connectivity index (χ2n) is 5.63. The van der Waals surface area contributed by atoms with Crippen LogP contribution in [-0.2, 0) is 0 Å². The summed E-state index contributed by atoms with van der Waals surface area (Å²) in [5.41, 5.74) is 0.842. The summed E-state index contributed by atoms with van der Waals surface area (Å²) in [5, 5.41) is 3.43. The van der Waals surface area contributed by atoms with E-state index in [9.17, 15) is 4.39 Å². The molecule has 0 aromatic heterocycles. The van der Waals surface area contributed by atoms with Crippen LogP contribution in [0.25, 0.3) is 0 Å². The predicted molar refractivity (Wildman–Crippen MR) is 80.9 cm³/mol. The zero-order valence-corrected chi connectivity index (χ0v) is 12.7. The van der Waals surface area contributed by atoms with Gasteiger partial charge in [-0.15, -0.1) is 0 Å². The predicted octanol–water partition coefficient (Wildman–Crippen LogP) is 3.51. The molecule has 1 aromatic rings. The number of rotatable bonds is 5. The van der Waals surface area contributed by atoms with Gasteiger partial charge in [0, 0.05) is 36.9 Å². The van der Waals surface area contributed by atoms with Crippen molar-refractivity contribution in [3.63, 3.8) is 0 Å². The smallest absolute Gasteiger partial charge is 0.167 e. The van der Waals surface area contributed by atoms with Crippen molar-refractivity contribution in [1.82, 2.24) is 4.90 Å². The van der Waals surface area contributed by atoms with Gasteiger partial charge in [-0.25, -0.2) is 4.39 Å². The van der Waals surface area contributed by atoms with Gasteiger partial charge in [0.05, 0.1) is 6.61 Å². The first kappa shape index (κ1) is 15.1. The molecule has 1 aliphatic rings. The lowest BCUT2D eigenvalue weighted by atomic mass is 10.0. The summed E-state index contributed by atoms with van der Waals surface area (Å²) >= 11 is 0. The van der Waals surface area contributed by atoms with Crippen LogP contribution in [0, 0.1) is 5.82 Å². The average molecular weight is 280 g/mol. The van der Waals surface area contributed by atoms with Crippen LogP contribution in [0.1, 0.15) is 33.6 Å². The summed E-state index contributed by atoms with van der Waals surface area (Å²) in [6.45, 7) is 9.01. The molecular formula is C16H25FN2O. The monoisotopic (exact) mass is 280 g/mol. The Morgan fingerprint density at radius 2 is 2.05 bits per heavy atom. The Balaban J connectivity index is 1.90. The normalized spacial score (nSPS) is 17.4. The lowest BCUT2D eigenvalue weighted by Crippen LogP contribution is -2.42. The van der Waals surface area contributed by atoms with Gasteiger partial charge < -0.3 is 15.0 Å². The first-order chi connectivity index (χ1) is 9.60. The molecule has 0 aliphatic carbocycles. The number of ether oxygens (including phenoxy) is 1. The molecule has 0 atom stereocenters. The minimum Gasteiger partial charge on any atom is -0.491 e. The Labute approximate surface area is 121 Å². The highest BCUT2D eigenvalue weighted by atomic mass is 19.1. The van der Waals surface area contributed by atoms with Crippen LogP contribution in [0.3, 0.4) is 0 Å². The number of nitrogens with one attached hydrogen (secondary N) is 1. The highest BCUT2D eigenvalue weighted by molar-refractivity contribution is 5.48. The second kappa shape index (κ2) is 6.93. The maximum absolute atomic E-state index is 13.8. The first-order valence-electron chi connectivity index (χ1n) is 7.53. The molecule has 1 aromatic carbocycles. The fourth-order valence-electron chi connectivity index (χ4n) is 2.66. The third kappa shape index (κ3) is 3.85. The highest BCUT2D eigenvalue weighted by Gasteiger charge is 2.20. The number of anilines is 1. The van der Waals surface area contributed by atoms with E-state index in [0.29, 0.717) is 24.4 Å². The van der Waals surface area contributed by atoms with Crippen LogP contribution >= 0.6 is 0 Å². The van der Waals surface area contributed by atoms with Gasteiger partial charge in [0.25, 0.3) is 0 Å². The molecule has 1 aliphatic heterocycles. The van der Waals surface area contributed by atoms with Crippen LogP contribution in [0.4, 0.5) is 10.1 Å². The third-order valence-electron chi connectivity index (χ3n) is 3.86. The molecule has 0 unspecified atom stereocenters. The Morgan fingerprint density at radius 3 is 2.60 bits per heavy atom. The molecule has 0 amide bonds. The maximum atomic E-state index is 13.8. The molecule has 0 saturated carbocycles. The standard InChI is InChI=1S/C16H25FN2O/c1-4-20-16-6-5-14(11-15(16)17)18-13-7-9-19(10-8-13)12(2)3/h5-6,11-13,18H,4,7-10H2,1-3H3. The lowest BCUT2D eigenvalue weighted by molar-refractivity contribution is 0.177. The van der Waals surface area contributed by atoms with Crippen LogP contribution in [0.5, 0.6) is 5.75 Å². The van der Waals surface area contributed by atoms with Crippen molar-refractivity contribution >= 4 is 5.69 Å². The third-order valence-corrected chi connectivity index (χ3v) is 3.86. The van der Waals surface area contributed by atoms with E-state index in [2.05, 4.69) is 24.1 Å². The Bertz CT molecular complexity index is 428. The van der Waals surface area contributed by atoms with Gasteiger partial charge >= 0.3 is 0 Å². The number of hydrogen-bond acceptors (Lipinski definition) is 3. The number of nitrogens with zero attached hydrogens (tertiary/aromatic N) is 1. The molecule has 2 rings (SSSR count). The number of halogens is 1. The molecular weight excluding hydrogens is 255 g/mol. The van der Waals surface area contributed by atoms with E-state index in [1.165, 1.54) is 6.07 Å². The Hall–Kier alpha value is -1.29. The zero-order chi connectivity index (χ0) is 14.5. The van der Waals surface area contributed by atoms with Crippen LogP contribution in [0.2, 0.25) is 0 Å². The van der Waals surface area contributed by atoms with E-state index >= 15 is 0 Å². The molecule has 112 valence electrons. The summed E-state index contributed by atoms with van der Waals surface area (Å²) in [6.07, 6.45) is 2.21. The number of likely N-dealkylation sites (tertiary alicyclic amines) is 1. The van der Waals surface area contributed by atoms with Crippen molar-refractivity contribution < 1.29 is 9.13 Å². The van der Waals surface area contributed by atoms with Crippen LogP contribution < -0.4 is 10.1 Å². The number of benzene rings is 1. The topological polar surface area (TPSA) is 24.5 Å². The van der Waals surface area contributed by atoms with Gasteiger partial charge in [0.2, 0.25) is 0 Å². The van der Waals surface area contributed by atoms with E-state index in [1.807, 2.05) is 13.0 Å². The Kier molecular flexibility index (Phi) is 5.24. The average Bonchev–Trinajstić information content (AvgIpc) is 2.42. The van der Waals surface area contributed by atoms with Crippen LogP contribution in [0.15, 0.2) is 18.2 Å². The van der Waals surface area contributed by atoms with E-state index in [1.54, 1.807) is 6.07 Å². The van der Waals surface area contributed by atoms with Gasteiger partial charge in [-0.3, -0.25) is 0 Å². The highest BCUT2D eigenvalue weighted by Crippen LogP contribution is 2.23. The van der Waals surface area contributed by atoms with Crippen molar-refractivity contribution in [2.24, 2.45) is 0 Å². The number of piperidine rings is 1. The van der Waals surface area contributed by atoms with E-state index in [-0.39, 0.29) is 5.82 Å². The fourth-order valence-corrected chi connectivity index (χ4v) is 2.66. The molecule has 3 nitrogen and oxygen atoms in total. The molecule has 0 bridgehead atoms. The molecule has 1 heterocycles. The molecule has 20 heavy (non-hydrogen) atoms. The summed E-state index contributed by atoms with van der Waals surface area (Å²) in [7, 11) is 0. The molecule has 1 saturated heterocycles. The second-order valence-corrected chi connectivity index (χ2v) is 5.63. The van der Waals surface area contributed by atoms with Crippen molar-refractivity contribution in [3.8, 4) is 5.75 Å². The van der Waals surface area contributed by atoms with E-state index in [0.717, 1.165) is 31.6 Å². The summed E-state index contributed by atoms with van der Waals surface area (Å²) in [5.74, 6) is 0.0316. The molecule has 1 fully saturated rings. The van der Waals surface area contributed by atoms with Gasteiger partial charge in [0.1, 0.15) is 0 Å². The van der Waals surface area contributed by atoms with Gasteiger partial charge in [-0.2, -0.15) is 0 Å². The first-order valence-corrected chi connectivity index (χ1v) is 7.53. The van der Waals surface area contributed by atoms with Crippen LogP contribution in [-0.4, -0.2) is 36.7 Å². The van der Waals surface area contributed by atoms with Crippen molar-refractivity contribution in [1.29, 1.82) is 0 Å². The van der Waals surface area contributed by atoms with Crippen molar-refractivity contribution in [3.05, 3.63) is 24.0 Å². The number of hydrogen-bond donors (Lipinski definition) is 1. The lowest BCUT2D eigenvalue weighted by Gasteiger charge is -2.35. The van der Waals surface area contributed by atoms with Gasteiger partial charge in [-0.05, 0) is 45.7 Å². The maximum Gasteiger partial charge on any atom is 0.167 e. The van der Waals surface area contributed by atoms with Crippen molar-refractivity contribution in [2.75, 3.05) is 25.0 Å². The molecule has 1 N–H and O–H groups in total. The zero-order valence-electron chi connectivity index (χ0n) is 12.7. The summed E-state index contributed by atoms with van der Waals surface area (Å²) in [6, 6.07) is 6.16. The Morgan fingerprint density at radius 1 is 1.35 bits per heavy atom. The minimum absolute atomic E-state index is 0.295. The summed E-state index contributed by atoms with van der Waals surface area (Å²) in [4.78, 5) is 2.48. The van der Waals surface area contributed by atoms with E-state index in [4.69, 9.17) is 4.74 Å². The molecule has 0 spiro atoms. The minimum atomic E-state index is -0.295.